The van der Waals surface area contributed by atoms with Gasteiger partial charge in [-0.1, -0.05) is 118 Å². The van der Waals surface area contributed by atoms with E-state index >= 15 is 0 Å². The Morgan fingerprint density at radius 1 is 1.05 bits per heavy atom. The molecule has 1 fully saturated rings. The number of rotatable bonds is 15. The van der Waals surface area contributed by atoms with E-state index in [2.05, 4.69) is 12.2 Å². The fourth-order valence-corrected chi connectivity index (χ4v) is 6.34. The van der Waals surface area contributed by atoms with E-state index in [1.165, 1.54) is 67.7 Å². The zero-order valence-corrected chi connectivity index (χ0v) is 26.1. The third-order valence-corrected chi connectivity index (χ3v) is 9.03. The van der Waals surface area contributed by atoms with Gasteiger partial charge in [-0.15, -0.1) is 0 Å². The Kier molecular flexibility index (Phi) is 12.8. The summed E-state index contributed by atoms with van der Waals surface area (Å²) in [6.45, 7) is 4.95. The maximum atomic E-state index is 13.3. The van der Waals surface area contributed by atoms with Crippen molar-refractivity contribution in [3.63, 3.8) is 0 Å². The Morgan fingerprint density at radius 3 is 2.30 bits per heavy atom. The number of nitriles is 1. The lowest BCUT2D eigenvalue weighted by molar-refractivity contribution is -0.122. The average Bonchev–Trinajstić information content (AvgIpc) is 3.21. The molecule has 1 aromatic carbocycles. The Bertz CT molecular complexity index is 1350. The number of thioether (sulfide) groups is 1. The summed E-state index contributed by atoms with van der Waals surface area (Å²) in [5.74, 6) is 0.385. The highest BCUT2D eigenvalue weighted by Crippen LogP contribution is 2.35. The number of nitrogens with zero attached hydrogens (tertiary/aromatic N) is 3. The fraction of sp³-hybridized carbons (Fsp3) is 0.484. The van der Waals surface area contributed by atoms with Gasteiger partial charge in [-0.3, -0.25) is 19.1 Å². The van der Waals surface area contributed by atoms with Crippen LogP contribution in [0.1, 0.15) is 93.4 Å². The smallest absolute Gasteiger partial charge is 0.270 e. The van der Waals surface area contributed by atoms with E-state index in [1.807, 2.05) is 30.3 Å². The summed E-state index contributed by atoms with van der Waals surface area (Å²) in [5.41, 5.74) is 1.66. The van der Waals surface area contributed by atoms with E-state index < -0.39 is 5.56 Å². The molecule has 0 radical (unpaired) electrons. The highest BCUT2D eigenvalue weighted by atomic mass is 35.5. The van der Waals surface area contributed by atoms with Gasteiger partial charge in [0.15, 0.2) is 0 Å². The number of carbonyl (C=O) groups excluding carboxylic acids is 1. The maximum Gasteiger partial charge on any atom is 0.270 e. The molecule has 1 N–H and O–H groups in total. The van der Waals surface area contributed by atoms with Crippen LogP contribution in [0.2, 0.25) is 5.02 Å². The minimum Gasteiger partial charge on any atom is -0.367 e. The molecule has 1 aromatic heterocycles. The first-order chi connectivity index (χ1) is 19.3. The summed E-state index contributed by atoms with van der Waals surface area (Å²) in [6.07, 6.45) is 14.0. The monoisotopic (exact) mass is 598 g/mol. The van der Waals surface area contributed by atoms with Crippen molar-refractivity contribution in [1.29, 1.82) is 5.26 Å². The number of benzene rings is 1. The minimum absolute atomic E-state index is 0.0536. The van der Waals surface area contributed by atoms with Crippen LogP contribution in [0.5, 0.6) is 0 Å². The first-order valence-corrected chi connectivity index (χ1v) is 15.8. The van der Waals surface area contributed by atoms with Crippen LogP contribution in [0, 0.1) is 18.3 Å². The lowest BCUT2D eigenvalue weighted by atomic mass is 10.0. The molecule has 0 unspecified atom stereocenters. The molecule has 1 saturated heterocycles. The molecule has 1 aliphatic heterocycles. The first kappa shape index (κ1) is 31.9. The highest BCUT2D eigenvalue weighted by molar-refractivity contribution is 8.26. The van der Waals surface area contributed by atoms with Crippen molar-refractivity contribution < 1.29 is 4.79 Å². The lowest BCUT2D eigenvalue weighted by Gasteiger charge is -2.18. The van der Waals surface area contributed by atoms with Crippen LogP contribution in [-0.2, 0) is 18.4 Å². The van der Waals surface area contributed by atoms with E-state index in [4.69, 9.17) is 23.8 Å². The van der Waals surface area contributed by atoms with Crippen molar-refractivity contribution in [3.05, 3.63) is 66.8 Å². The van der Waals surface area contributed by atoms with Crippen LogP contribution in [0.4, 0.5) is 5.82 Å². The molecule has 0 bridgehead atoms. The second kappa shape index (κ2) is 16.0. The summed E-state index contributed by atoms with van der Waals surface area (Å²) in [7, 11) is 1.62. The second-order valence-electron chi connectivity index (χ2n) is 10.2. The van der Waals surface area contributed by atoms with E-state index in [0.29, 0.717) is 44.3 Å². The summed E-state index contributed by atoms with van der Waals surface area (Å²) < 4.78 is 1.96. The number of thiocarbonyl (C=S) groups is 1. The van der Waals surface area contributed by atoms with Crippen molar-refractivity contribution in [2.45, 2.75) is 84.6 Å². The van der Waals surface area contributed by atoms with Gasteiger partial charge in [0.1, 0.15) is 21.8 Å². The number of amides is 1. The Balaban J connectivity index is 1.70. The van der Waals surface area contributed by atoms with Crippen molar-refractivity contribution >= 4 is 57.7 Å². The van der Waals surface area contributed by atoms with E-state index in [9.17, 15) is 14.9 Å². The summed E-state index contributed by atoms with van der Waals surface area (Å²) >= 11 is 13.2. The first-order valence-electron chi connectivity index (χ1n) is 14.2. The highest BCUT2D eigenvalue weighted by Gasteiger charge is 2.32. The molecule has 2 aromatic rings. The largest absolute Gasteiger partial charge is 0.367 e. The molecule has 9 heteroatoms. The fourth-order valence-electron chi connectivity index (χ4n) is 4.85. The summed E-state index contributed by atoms with van der Waals surface area (Å²) in [5, 5.41) is 13.6. The number of aromatic nitrogens is 1. The number of halogens is 1. The normalized spacial score (nSPS) is 14.3. The van der Waals surface area contributed by atoms with Crippen molar-refractivity contribution in [3.8, 4) is 6.07 Å². The molecular weight excluding hydrogens is 560 g/mol. The number of carbonyl (C=O) groups is 1. The van der Waals surface area contributed by atoms with Gasteiger partial charge < -0.3 is 5.32 Å². The van der Waals surface area contributed by atoms with Crippen LogP contribution < -0.4 is 10.9 Å². The number of hydrogen-bond acceptors (Lipinski definition) is 6. The van der Waals surface area contributed by atoms with E-state index in [1.54, 1.807) is 24.9 Å². The van der Waals surface area contributed by atoms with Crippen LogP contribution in [0.25, 0.3) is 6.08 Å². The Hall–Kier alpha value is -2.60. The Labute approximate surface area is 252 Å². The zero-order valence-electron chi connectivity index (χ0n) is 23.7. The molecule has 40 heavy (non-hydrogen) atoms. The van der Waals surface area contributed by atoms with Crippen molar-refractivity contribution in [1.82, 2.24) is 9.47 Å². The van der Waals surface area contributed by atoms with Gasteiger partial charge in [-0.2, -0.15) is 5.26 Å². The predicted octanol–water partition coefficient (Wildman–Crippen LogP) is 7.95. The van der Waals surface area contributed by atoms with Crippen LogP contribution in [-0.4, -0.2) is 26.2 Å². The molecular formula is C31H39ClN4O2S2. The molecule has 1 aliphatic rings. The van der Waals surface area contributed by atoms with Crippen molar-refractivity contribution in [2.75, 3.05) is 11.9 Å². The zero-order chi connectivity index (χ0) is 29.1. The molecule has 3 rings (SSSR count). The van der Waals surface area contributed by atoms with Gasteiger partial charge in [0.25, 0.3) is 11.5 Å². The number of anilines is 1. The van der Waals surface area contributed by atoms with Gasteiger partial charge in [-0.05, 0) is 36.6 Å². The number of pyridine rings is 1. The number of unbranched alkanes of at least 4 members (excludes halogenated alkanes) is 9. The topological polar surface area (TPSA) is 78.1 Å². The Morgan fingerprint density at radius 2 is 1.68 bits per heavy atom. The summed E-state index contributed by atoms with van der Waals surface area (Å²) in [4.78, 5) is 28.4. The number of nitrogens with one attached hydrogen (secondary N) is 1. The third kappa shape index (κ3) is 8.22. The molecule has 0 spiro atoms. The summed E-state index contributed by atoms with van der Waals surface area (Å²) in [6, 6.07) is 9.50. The second-order valence-corrected chi connectivity index (χ2v) is 12.3. The molecule has 2 heterocycles. The third-order valence-electron chi connectivity index (χ3n) is 7.29. The van der Waals surface area contributed by atoms with Crippen LogP contribution in [0.3, 0.4) is 0 Å². The average molecular weight is 599 g/mol. The van der Waals surface area contributed by atoms with Crippen LogP contribution in [0.15, 0.2) is 34.0 Å². The molecule has 1 amide bonds. The van der Waals surface area contributed by atoms with Gasteiger partial charge in [0, 0.05) is 30.7 Å². The van der Waals surface area contributed by atoms with Gasteiger partial charge >= 0.3 is 0 Å². The minimum atomic E-state index is -0.396. The molecule has 214 valence electrons. The maximum absolute atomic E-state index is 13.3. The molecule has 6 nitrogen and oxygen atoms in total. The molecule has 0 aliphatic carbocycles. The molecule has 0 atom stereocenters. The molecule has 0 saturated carbocycles. The predicted molar refractivity (Wildman–Crippen MR) is 172 cm³/mol. The van der Waals surface area contributed by atoms with Gasteiger partial charge in [0.05, 0.1) is 4.91 Å². The van der Waals surface area contributed by atoms with Crippen molar-refractivity contribution in [2.24, 2.45) is 7.05 Å². The SMILES string of the molecule is CCCCCCCCCCCCN1C(=O)/C(=C\c2c(C)c(C#N)c(=O)n(C)c2NCc2ccccc2Cl)SC1=S. The number of hydrogen-bond donors (Lipinski definition) is 1. The lowest BCUT2D eigenvalue weighted by Crippen LogP contribution is -2.29. The van der Waals surface area contributed by atoms with Gasteiger partial charge in [0.2, 0.25) is 0 Å². The van der Waals surface area contributed by atoms with Gasteiger partial charge in [-0.25, -0.2) is 0 Å². The quantitative estimate of drug-likeness (QED) is 0.127. The van der Waals surface area contributed by atoms with E-state index in [-0.39, 0.29) is 11.5 Å². The van der Waals surface area contributed by atoms with Crippen LogP contribution >= 0.6 is 35.6 Å². The van der Waals surface area contributed by atoms with E-state index in [0.717, 1.165) is 18.4 Å². The standard InChI is InChI=1S/C31H39ClN4O2S2/c1-4-5-6-7-8-9-10-11-12-15-18-36-30(38)27(40-31(36)39)19-24-22(2)25(20-33)29(37)35(3)28(24)34-21-23-16-13-14-17-26(23)32/h13-14,16-17,19,34H,4-12,15,18,21H2,1-3H3/b27-19+.